The minimum atomic E-state index is -0.873. The Balaban J connectivity index is 1.55. The third kappa shape index (κ3) is 14.5. The van der Waals surface area contributed by atoms with E-state index in [0.29, 0.717) is 59.3 Å². The number of carbonyl (C=O) groups excluding carboxylic acids is 1. The van der Waals surface area contributed by atoms with E-state index in [9.17, 15) is 9.59 Å². The summed E-state index contributed by atoms with van der Waals surface area (Å²) in [5, 5.41) is 8.50. The monoisotopic (exact) mass is 539 g/mol. The highest BCUT2D eigenvalue weighted by atomic mass is 32.1. The van der Waals surface area contributed by atoms with E-state index < -0.39 is 5.97 Å². The lowest BCUT2D eigenvalue weighted by Gasteiger charge is -2.20. The van der Waals surface area contributed by atoms with Crippen LogP contribution in [0.25, 0.3) is 0 Å². The quantitative estimate of drug-likeness (QED) is 0.192. The zero-order valence-electron chi connectivity index (χ0n) is 22.0. The first-order chi connectivity index (χ1) is 17.7. The van der Waals surface area contributed by atoms with Crippen LogP contribution in [-0.2, 0) is 35.0 Å². The van der Waals surface area contributed by atoms with Gasteiger partial charge >= 0.3 is 5.97 Å². The predicted molar refractivity (Wildman–Crippen MR) is 144 cm³/mol. The van der Waals surface area contributed by atoms with E-state index in [1.807, 2.05) is 26.0 Å². The highest BCUT2D eigenvalue weighted by Crippen LogP contribution is 2.26. The Morgan fingerprint density at radius 3 is 2.11 bits per heavy atom. The molecule has 37 heavy (non-hydrogen) atoms. The first-order valence-corrected chi connectivity index (χ1v) is 13.3. The number of thiol groups is 1. The van der Waals surface area contributed by atoms with Gasteiger partial charge in [-0.15, -0.1) is 0 Å². The van der Waals surface area contributed by atoms with Crippen molar-refractivity contribution < 1.29 is 38.4 Å². The van der Waals surface area contributed by atoms with Crippen LogP contribution in [0.4, 0.5) is 0 Å². The maximum Gasteiger partial charge on any atom is 0.305 e. The molecule has 2 rings (SSSR count). The maximum absolute atomic E-state index is 12.2. The Kier molecular flexibility index (Phi) is 14.8. The van der Waals surface area contributed by atoms with Crippen LogP contribution in [0.15, 0.2) is 23.2 Å². The number of aliphatic carboxylic acids is 1. The van der Waals surface area contributed by atoms with Crippen molar-refractivity contribution >= 4 is 30.1 Å². The van der Waals surface area contributed by atoms with Gasteiger partial charge in [-0.05, 0) is 48.6 Å². The fourth-order valence-electron chi connectivity index (χ4n) is 3.76. The zero-order valence-corrected chi connectivity index (χ0v) is 22.9. The number of carboxylic acid groups (broad SMARTS) is 1. The van der Waals surface area contributed by atoms with Crippen molar-refractivity contribution in [3.63, 3.8) is 0 Å². The van der Waals surface area contributed by atoms with Gasteiger partial charge in [-0.2, -0.15) is 12.6 Å². The van der Waals surface area contributed by atoms with E-state index in [2.05, 4.69) is 23.7 Å². The second kappa shape index (κ2) is 17.5. The number of hydrogen-bond donors (Lipinski definition) is 2. The fraction of sp³-hybridized carbons (Fsp3) is 0.667. The van der Waals surface area contributed by atoms with Crippen molar-refractivity contribution in [1.82, 2.24) is 0 Å². The third-order valence-corrected chi connectivity index (χ3v) is 5.55. The normalized spacial score (nSPS) is 14.5. The van der Waals surface area contributed by atoms with Crippen LogP contribution in [0, 0.1) is 0 Å². The molecule has 0 bridgehead atoms. The van der Waals surface area contributed by atoms with E-state index in [1.165, 1.54) is 5.56 Å². The van der Waals surface area contributed by atoms with Crippen LogP contribution in [0.1, 0.15) is 50.7 Å². The lowest BCUT2D eigenvalue weighted by molar-refractivity contribution is -0.138. The highest BCUT2D eigenvalue weighted by Gasteiger charge is 2.19. The molecule has 0 saturated carbocycles. The van der Waals surface area contributed by atoms with Crippen molar-refractivity contribution in [1.29, 1.82) is 0 Å². The van der Waals surface area contributed by atoms with Crippen LogP contribution in [0.3, 0.4) is 0 Å². The average Bonchev–Trinajstić information content (AvgIpc) is 2.83. The van der Waals surface area contributed by atoms with Crippen molar-refractivity contribution in [2.75, 3.05) is 66.0 Å². The van der Waals surface area contributed by atoms with Gasteiger partial charge in [0.2, 0.25) is 0 Å². The molecule has 0 amide bonds. The Bertz CT molecular complexity index is 868. The van der Waals surface area contributed by atoms with E-state index in [4.69, 9.17) is 28.8 Å². The number of ketones is 1. The average molecular weight is 540 g/mol. The number of carboxylic acids is 1. The molecule has 0 spiro atoms. The standard InChI is InChI=1S/C27H41NO8S/c1-27(2,37)19-22(29)20-28-25-5-3-4-21-18-23(6-7-24(21)25)36-17-16-35-15-14-34-13-12-33-11-10-32-9-8-26(30)31/h6-7,18,37H,3-5,8-17,19-20H2,1-2H3,(H,30,31). The molecule has 0 aliphatic heterocycles. The molecule has 0 radical (unpaired) electrons. The first kappa shape index (κ1) is 31.2. The summed E-state index contributed by atoms with van der Waals surface area (Å²) in [6.45, 7) is 7.77. The van der Waals surface area contributed by atoms with Crippen molar-refractivity contribution in [2.24, 2.45) is 4.99 Å². The molecular weight excluding hydrogens is 498 g/mol. The SMILES string of the molecule is CC(C)(S)CC(=O)CN=C1CCCc2cc(OCCOCCOCCOCCOCCC(=O)O)ccc21. The molecule has 0 fully saturated rings. The molecule has 208 valence electrons. The van der Waals surface area contributed by atoms with Crippen LogP contribution in [0.5, 0.6) is 5.75 Å². The Morgan fingerprint density at radius 2 is 1.51 bits per heavy atom. The predicted octanol–water partition coefficient (Wildman–Crippen LogP) is 3.40. The molecule has 0 atom stereocenters. The Labute approximate surface area is 225 Å². The minimum absolute atomic E-state index is 0.00196. The summed E-state index contributed by atoms with van der Waals surface area (Å²) < 4.78 is 27.0. The van der Waals surface area contributed by atoms with E-state index in [1.54, 1.807) is 0 Å². The van der Waals surface area contributed by atoms with E-state index in [0.717, 1.165) is 36.3 Å². The van der Waals surface area contributed by atoms with Gasteiger partial charge in [0, 0.05) is 16.9 Å². The molecule has 1 N–H and O–H groups in total. The molecule has 1 aliphatic carbocycles. The van der Waals surface area contributed by atoms with Crippen molar-refractivity contribution in [2.45, 2.75) is 50.7 Å². The van der Waals surface area contributed by atoms with Gasteiger partial charge in [-0.3, -0.25) is 14.6 Å². The third-order valence-electron chi connectivity index (χ3n) is 5.40. The molecule has 1 aromatic rings. The highest BCUT2D eigenvalue weighted by molar-refractivity contribution is 7.81. The smallest absolute Gasteiger partial charge is 0.305 e. The molecule has 9 nitrogen and oxygen atoms in total. The van der Waals surface area contributed by atoms with Crippen LogP contribution >= 0.6 is 12.6 Å². The Morgan fingerprint density at radius 1 is 0.919 bits per heavy atom. The number of carbonyl (C=O) groups is 2. The van der Waals surface area contributed by atoms with Gasteiger partial charge in [0.15, 0.2) is 5.78 Å². The second-order valence-corrected chi connectivity index (χ2v) is 10.6. The topological polar surface area (TPSA) is 113 Å². The molecule has 1 aromatic carbocycles. The number of aryl methyl sites for hydroxylation is 1. The zero-order chi connectivity index (χ0) is 26.9. The summed E-state index contributed by atoms with van der Waals surface area (Å²) in [6, 6.07) is 6.04. The number of ether oxygens (including phenoxy) is 5. The van der Waals surface area contributed by atoms with E-state index in [-0.39, 0.29) is 30.1 Å². The Hall–Kier alpha value is -1.98. The van der Waals surface area contributed by atoms with Gasteiger partial charge in [0.25, 0.3) is 0 Å². The summed E-state index contributed by atoms with van der Waals surface area (Å²) in [7, 11) is 0. The second-order valence-electron chi connectivity index (χ2n) is 9.41. The number of aliphatic imine (C=N–C) groups is 1. The molecule has 0 aromatic heterocycles. The number of benzene rings is 1. The van der Waals surface area contributed by atoms with Crippen molar-refractivity contribution in [3.8, 4) is 5.75 Å². The number of nitrogens with zero attached hydrogens (tertiary/aromatic N) is 1. The first-order valence-electron chi connectivity index (χ1n) is 12.8. The summed E-state index contributed by atoms with van der Waals surface area (Å²) in [6.07, 6.45) is 3.27. The van der Waals surface area contributed by atoms with E-state index >= 15 is 0 Å². The lowest BCUT2D eigenvalue weighted by Crippen LogP contribution is -2.20. The van der Waals surface area contributed by atoms with Crippen LogP contribution in [-0.4, -0.2) is 93.3 Å². The molecule has 10 heteroatoms. The molecule has 1 aliphatic rings. The van der Waals surface area contributed by atoms with Gasteiger partial charge in [-0.1, -0.05) is 13.8 Å². The molecule has 0 unspecified atom stereocenters. The number of rotatable bonds is 20. The number of hydrogen-bond acceptors (Lipinski definition) is 9. The van der Waals surface area contributed by atoms with Gasteiger partial charge < -0.3 is 28.8 Å². The largest absolute Gasteiger partial charge is 0.491 e. The van der Waals surface area contributed by atoms with Crippen molar-refractivity contribution in [3.05, 3.63) is 29.3 Å². The summed E-state index contributed by atoms with van der Waals surface area (Å²) in [4.78, 5) is 27.1. The minimum Gasteiger partial charge on any atom is -0.491 e. The molecule has 0 heterocycles. The van der Waals surface area contributed by atoms with Crippen LogP contribution in [0.2, 0.25) is 0 Å². The van der Waals surface area contributed by atoms with Gasteiger partial charge in [0.1, 0.15) is 12.4 Å². The maximum atomic E-state index is 12.2. The summed E-state index contributed by atoms with van der Waals surface area (Å²) in [5.74, 6) is 0.0362. The van der Waals surface area contributed by atoms with Crippen LogP contribution < -0.4 is 4.74 Å². The fourth-order valence-corrected chi connectivity index (χ4v) is 3.93. The van der Waals surface area contributed by atoms with Gasteiger partial charge in [-0.25, -0.2) is 0 Å². The summed E-state index contributed by atoms with van der Waals surface area (Å²) >= 11 is 4.43. The molecular formula is C27H41NO8S. The summed E-state index contributed by atoms with van der Waals surface area (Å²) in [5.41, 5.74) is 3.31. The number of Topliss-reactive ketones (excluding diaryl/α,β-unsaturated/α-hetero) is 1. The molecule has 0 saturated heterocycles. The number of fused-ring (bicyclic) bond motifs is 1. The lowest BCUT2D eigenvalue weighted by atomic mass is 9.90. The van der Waals surface area contributed by atoms with Gasteiger partial charge in [0.05, 0.1) is 65.8 Å².